The van der Waals surface area contributed by atoms with Gasteiger partial charge in [0.25, 0.3) is 0 Å². The fourth-order valence-corrected chi connectivity index (χ4v) is 2.13. The summed E-state index contributed by atoms with van der Waals surface area (Å²) in [5, 5.41) is 4.10. The van der Waals surface area contributed by atoms with E-state index in [1.54, 1.807) is 0 Å². The SMILES string of the molecule is NC1CCc2onc(-c3ccccc3)c21. The minimum Gasteiger partial charge on any atom is -0.360 e. The summed E-state index contributed by atoms with van der Waals surface area (Å²) in [5.74, 6) is 0.960. The molecule has 0 amide bonds. The Morgan fingerprint density at radius 2 is 2.07 bits per heavy atom. The second-order valence-corrected chi connectivity index (χ2v) is 3.88. The summed E-state index contributed by atoms with van der Waals surface area (Å²) in [6.45, 7) is 0. The van der Waals surface area contributed by atoms with Crippen LogP contribution in [0.2, 0.25) is 0 Å². The van der Waals surface area contributed by atoms with Gasteiger partial charge in [-0.05, 0) is 6.42 Å². The van der Waals surface area contributed by atoms with Crippen molar-refractivity contribution in [3.8, 4) is 11.3 Å². The summed E-state index contributed by atoms with van der Waals surface area (Å²) < 4.78 is 5.30. The summed E-state index contributed by atoms with van der Waals surface area (Å²) in [6, 6.07) is 10.1. The smallest absolute Gasteiger partial charge is 0.142 e. The lowest BCUT2D eigenvalue weighted by Crippen LogP contribution is -2.06. The first kappa shape index (κ1) is 8.68. The number of rotatable bonds is 1. The third kappa shape index (κ3) is 1.27. The molecule has 0 aliphatic heterocycles. The van der Waals surface area contributed by atoms with Gasteiger partial charge in [-0.3, -0.25) is 0 Å². The topological polar surface area (TPSA) is 52.0 Å². The predicted octanol–water partition coefficient (Wildman–Crippen LogP) is 2.29. The number of aromatic nitrogens is 1. The maximum absolute atomic E-state index is 6.03. The highest BCUT2D eigenvalue weighted by Crippen LogP contribution is 2.36. The minimum atomic E-state index is 0.0847. The Bertz CT molecular complexity index is 476. The molecular formula is C12H12N2O. The van der Waals surface area contributed by atoms with E-state index in [9.17, 15) is 0 Å². The minimum absolute atomic E-state index is 0.0847. The molecule has 3 rings (SSSR count). The summed E-state index contributed by atoms with van der Waals surface area (Å²) in [6.07, 6.45) is 1.88. The molecule has 1 aromatic heterocycles. The zero-order chi connectivity index (χ0) is 10.3. The van der Waals surface area contributed by atoms with Gasteiger partial charge in [0.2, 0.25) is 0 Å². The molecule has 0 fully saturated rings. The van der Waals surface area contributed by atoms with Crippen molar-refractivity contribution in [3.05, 3.63) is 41.7 Å². The number of nitrogens with two attached hydrogens (primary N) is 1. The molecule has 1 aromatic carbocycles. The third-order valence-electron chi connectivity index (χ3n) is 2.90. The van der Waals surface area contributed by atoms with Crippen LogP contribution in [0.4, 0.5) is 0 Å². The Labute approximate surface area is 87.9 Å². The quantitative estimate of drug-likeness (QED) is 0.768. The van der Waals surface area contributed by atoms with Gasteiger partial charge in [0, 0.05) is 23.6 Å². The van der Waals surface area contributed by atoms with Crippen LogP contribution in [0.1, 0.15) is 23.8 Å². The van der Waals surface area contributed by atoms with E-state index in [2.05, 4.69) is 5.16 Å². The molecule has 0 radical (unpaired) electrons. The molecule has 0 saturated carbocycles. The van der Waals surface area contributed by atoms with Crippen molar-refractivity contribution < 1.29 is 4.52 Å². The highest BCUT2D eigenvalue weighted by molar-refractivity contribution is 5.64. The van der Waals surface area contributed by atoms with Crippen LogP contribution in [0.15, 0.2) is 34.9 Å². The Morgan fingerprint density at radius 3 is 2.87 bits per heavy atom. The molecule has 2 aromatic rings. The highest BCUT2D eigenvalue weighted by atomic mass is 16.5. The summed E-state index contributed by atoms with van der Waals surface area (Å²) in [7, 11) is 0. The molecule has 76 valence electrons. The fourth-order valence-electron chi connectivity index (χ4n) is 2.13. The van der Waals surface area contributed by atoms with Crippen molar-refractivity contribution >= 4 is 0 Å². The Hall–Kier alpha value is -1.61. The van der Waals surface area contributed by atoms with Gasteiger partial charge < -0.3 is 10.3 Å². The third-order valence-corrected chi connectivity index (χ3v) is 2.90. The van der Waals surface area contributed by atoms with E-state index < -0.39 is 0 Å². The second-order valence-electron chi connectivity index (χ2n) is 3.88. The van der Waals surface area contributed by atoms with E-state index in [1.807, 2.05) is 30.3 Å². The molecule has 0 saturated heterocycles. The van der Waals surface area contributed by atoms with Gasteiger partial charge in [-0.2, -0.15) is 0 Å². The van der Waals surface area contributed by atoms with Crippen molar-refractivity contribution in [1.82, 2.24) is 5.16 Å². The molecule has 2 N–H and O–H groups in total. The lowest BCUT2D eigenvalue weighted by atomic mass is 10.0. The predicted molar refractivity (Wildman–Crippen MR) is 57.2 cm³/mol. The van der Waals surface area contributed by atoms with Crippen molar-refractivity contribution in [2.45, 2.75) is 18.9 Å². The lowest BCUT2D eigenvalue weighted by Gasteiger charge is -2.03. The van der Waals surface area contributed by atoms with E-state index in [4.69, 9.17) is 10.3 Å². The number of hydrogen-bond acceptors (Lipinski definition) is 3. The van der Waals surface area contributed by atoms with Crippen molar-refractivity contribution in [2.24, 2.45) is 5.73 Å². The van der Waals surface area contributed by atoms with Gasteiger partial charge in [0.05, 0.1) is 0 Å². The van der Waals surface area contributed by atoms with Crippen LogP contribution in [0.3, 0.4) is 0 Å². The van der Waals surface area contributed by atoms with Crippen LogP contribution in [0, 0.1) is 0 Å². The van der Waals surface area contributed by atoms with Crippen LogP contribution in [0.5, 0.6) is 0 Å². The molecule has 15 heavy (non-hydrogen) atoms. The van der Waals surface area contributed by atoms with Gasteiger partial charge in [0.15, 0.2) is 0 Å². The molecule has 0 spiro atoms. The number of nitrogens with zero attached hydrogens (tertiary/aromatic N) is 1. The standard InChI is InChI=1S/C12H12N2O/c13-9-6-7-10-11(9)12(14-15-10)8-4-2-1-3-5-8/h1-5,9H,6-7,13H2. The van der Waals surface area contributed by atoms with Gasteiger partial charge in [-0.15, -0.1) is 0 Å². The first-order valence-corrected chi connectivity index (χ1v) is 5.15. The Balaban J connectivity index is 2.15. The lowest BCUT2D eigenvalue weighted by molar-refractivity contribution is 0.388. The van der Waals surface area contributed by atoms with Crippen LogP contribution in [-0.4, -0.2) is 5.16 Å². The maximum Gasteiger partial charge on any atom is 0.142 e. The van der Waals surface area contributed by atoms with E-state index in [0.717, 1.165) is 35.4 Å². The fraction of sp³-hybridized carbons (Fsp3) is 0.250. The molecule has 1 aliphatic rings. The van der Waals surface area contributed by atoms with Crippen LogP contribution < -0.4 is 5.73 Å². The zero-order valence-corrected chi connectivity index (χ0v) is 8.31. The molecule has 3 nitrogen and oxygen atoms in total. The van der Waals surface area contributed by atoms with Gasteiger partial charge in [-0.1, -0.05) is 35.5 Å². The molecular weight excluding hydrogens is 188 g/mol. The van der Waals surface area contributed by atoms with Gasteiger partial charge >= 0.3 is 0 Å². The molecule has 0 bridgehead atoms. The molecule has 1 heterocycles. The Morgan fingerprint density at radius 1 is 1.27 bits per heavy atom. The van der Waals surface area contributed by atoms with E-state index in [0.29, 0.717) is 0 Å². The molecule has 3 heteroatoms. The summed E-state index contributed by atoms with van der Waals surface area (Å²) in [5.41, 5.74) is 9.12. The van der Waals surface area contributed by atoms with Crippen LogP contribution in [-0.2, 0) is 6.42 Å². The maximum atomic E-state index is 6.03. The molecule has 1 aliphatic carbocycles. The van der Waals surface area contributed by atoms with Crippen LogP contribution in [0.25, 0.3) is 11.3 Å². The monoisotopic (exact) mass is 200 g/mol. The largest absolute Gasteiger partial charge is 0.360 e. The summed E-state index contributed by atoms with van der Waals surface area (Å²) in [4.78, 5) is 0. The number of hydrogen-bond donors (Lipinski definition) is 1. The average Bonchev–Trinajstić information content (AvgIpc) is 2.84. The van der Waals surface area contributed by atoms with Gasteiger partial charge in [0.1, 0.15) is 11.5 Å². The zero-order valence-electron chi connectivity index (χ0n) is 8.31. The van der Waals surface area contributed by atoms with E-state index in [-0.39, 0.29) is 6.04 Å². The highest BCUT2D eigenvalue weighted by Gasteiger charge is 2.28. The number of aryl methyl sites for hydroxylation is 1. The Kier molecular flexibility index (Phi) is 1.86. The van der Waals surface area contributed by atoms with Crippen LogP contribution >= 0.6 is 0 Å². The number of benzene rings is 1. The van der Waals surface area contributed by atoms with E-state index >= 15 is 0 Å². The molecule has 1 unspecified atom stereocenters. The molecule has 1 atom stereocenters. The van der Waals surface area contributed by atoms with Crippen molar-refractivity contribution in [3.63, 3.8) is 0 Å². The average molecular weight is 200 g/mol. The normalized spacial score (nSPS) is 19.1. The number of fused-ring (bicyclic) bond motifs is 1. The van der Waals surface area contributed by atoms with Gasteiger partial charge in [-0.25, -0.2) is 0 Å². The first-order chi connectivity index (χ1) is 7.36. The van der Waals surface area contributed by atoms with Crippen molar-refractivity contribution in [1.29, 1.82) is 0 Å². The van der Waals surface area contributed by atoms with Crippen molar-refractivity contribution in [2.75, 3.05) is 0 Å². The summed E-state index contributed by atoms with van der Waals surface area (Å²) >= 11 is 0. The van der Waals surface area contributed by atoms with E-state index in [1.165, 1.54) is 0 Å². The second kappa shape index (κ2) is 3.21. The first-order valence-electron chi connectivity index (χ1n) is 5.15.